The van der Waals surface area contributed by atoms with Crippen molar-refractivity contribution in [2.45, 2.75) is 76.9 Å². The number of hydrogen-bond donors (Lipinski definition) is 3. The number of halogens is 1. The third-order valence-electron chi connectivity index (χ3n) is 9.44. The molecule has 2 saturated heterocycles. The number of benzene rings is 1. The van der Waals surface area contributed by atoms with Crippen molar-refractivity contribution in [3.8, 4) is 0 Å². The molecule has 0 bridgehead atoms. The lowest BCUT2D eigenvalue weighted by Gasteiger charge is -2.43. The van der Waals surface area contributed by atoms with E-state index in [1.807, 2.05) is 13.8 Å². The Morgan fingerprint density at radius 3 is 2.40 bits per heavy atom. The van der Waals surface area contributed by atoms with Crippen LogP contribution in [0, 0.1) is 11.8 Å². The van der Waals surface area contributed by atoms with E-state index in [4.69, 9.17) is 4.98 Å². The molecule has 1 aromatic carbocycles. The lowest BCUT2D eigenvalue weighted by atomic mass is 10.0. The van der Waals surface area contributed by atoms with Crippen molar-refractivity contribution in [1.82, 2.24) is 25.1 Å². The normalized spacial score (nSPS) is 24.2. The quantitative estimate of drug-likeness (QED) is 0.332. The van der Waals surface area contributed by atoms with Crippen molar-refractivity contribution in [2.24, 2.45) is 11.8 Å². The molecule has 2 aliphatic heterocycles. The molecular weight excluding hydrogens is 592 g/mol. The van der Waals surface area contributed by atoms with Gasteiger partial charge in [-0.15, -0.1) is 0 Å². The van der Waals surface area contributed by atoms with Crippen molar-refractivity contribution in [3.05, 3.63) is 34.9 Å². The van der Waals surface area contributed by atoms with Crippen LogP contribution in [0.5, 0.6) is 0 Å². The van der Waals surface area contributed by atoms with E-state index in [0.717, 1.165) is 54.5 Å². The first-order valence-corrected chi connectivity index (χ1v) is 16.9. The predicted octanol–water partition coefficient (Wildman–Crippen LogP) is 5.08. The van der Waals surface area contributed by atoms with E-state index < -0.39 is 0 Å². The first kappa shape index (κ1) is 29.6. The average molecular weight is 640 g/mol. The van der Waals surface area contributed by atoms with Crippen LogP contribution >= 0.6 is 15.9 Å². The van der Waals surface area contributed by atoms with Crippen LogP contribution in [0.15, 0.2) is 34.9 Å². The highest BCUT2D eigenvalue weighted by Gasteiger charge is 2.34. The van der Waals surface area contributed by atoms with Gasteiger partial charge in [0, 0.05) is 81.5 Å². The van der Waals surface area contributed by atoms with Crippen LogP contribution in [0.1, 0.15) is 58.8 Å². The standard InChI is InChI=1S/C32H47BrN8O/c1-22(2)35-31(42)27-4-3-5-29(27)37-30-28(33)20-34-32(38-30)36-24-8-10-25(11-9-24)40-14-12-26(13-15-40)41-18-16-39(17-19-41)21-23-6-7-23/h8-11,20,22-23,26-27,29H,3-7,12-19,21H2,1-2H3,(H,35,42)(H2,34,36,37,38)/t27-,29+/m0/s1. The first-order valence-electron chi connectivity index (χ1n) is 16.1. The van der Waals surface area contributed by atoms with Gasteiger partial charge in [-0.25, -0.2) is 4.98 Å². The lowest BCUT2D eigenvalue weighted by Crippen LogP contribution is -2.53. The summed E-state index contributed by atoms with van der Waals surface area (Å²) in [7, 11) is 0. The number of nitrogens with one attached hydrogen (secondary N) is 3. The van der Waals surface area contributed by atoms with Crippen molar-refractivity contribution in [1.29, 1.82) is 0 Å². The molecule has 1 amide bonds. The molecule has 0 spiro atoms. The van der Waals surface area contributed by atoms with Crippen LogP contribution in [0.4, 0.5) is 23.1 Å². The highest BCUT2D eigenvalue weighted by atomic mass is 79.9. The molecule has 4 aliphatic rings. The molecule has 0 radical (unpaired) electrons. The molecule has 3 N–H and O–H groups in total. The summed E-state index contributed by atoms with van der Waals surface area (Å²) in [5, 5.41) is 9.95. The number of piperazine rings is 1. The van der Waals surface area contributed by atoms with Gasteiger partial charge >= 0.3 is 0 Å². The maximum absolute atomic E-state index is 12.7. The number of rotatable bonds is 10. The van der Waals surface area contributed by atoms with E-state index in [0.29, 0.717) is 11.8 Å². The van der Waals surface area contributed by atoms with Crippen LogP contribution < -0.4 is 20.9 Å². The van der Waals surface area contributed by atoms with Crippen LogP contribution in [-0.2, 0) is 4.79 Å². The Morgan fingerprint density at radius 1 is 0.976 bits per heavy atom. The summed E-state index contributed by atoms with van der Waals surface area (Å²) in [6.45, 7) is 12.5. The molecular formula is C32H47BrN8O. The molecule has 4 fully saturated rings. The average Bonchev–Trinajstić information content (AvgIpc) is 3.69. The van der Waals surface area contributed by atoms with Crippen LogP contribution in [-0.4, -0.2) is 89.6 Å². The molecule has 3 heterocycles. The number of amides is 1. The zero-order valence-corrected chi connectivity index (χ0v) is 26.8. The van der Waals surface area contributed by atoms with E-state index in [2.05, 4.69) is 75.8 Å². The first-order chi connectivity index (χ1) is 20.4. The van der Waals surface area contributed by atoms with Gasteiger partial charge in [0.1, 0.15) is 5.82 Å². The van der Waals surface area contributed by atoms with Crippen molar-refractivity contribution >= 4 is 45.0 Å². The van der Waals surface area contributed by atoms with Crippen molar-refractivity contribution in [2.75, 3.05) is 61.3 Å². The molecule has 10 heteroatoms. The van der Waals surface area contributed by atoms with Gasteiger partial charge in [-0.3, -0.25) is 9.69 Å². The molecule has 0 unspecified atom stereocenters. The summed E-state index contributed by atoms with van der Waals surface area (Å²) in [4.78, 5) is 29.9. The summed E-state index contributed by atoms with van der Waals surface area (Å²) in [6.07, 6.45) is 10.0. The van der Waals surface area contributed by atoms with Gasteiger partial charge in [-0.1, -0.05) is 6.42 Å². The highest BCUT2D eigenvalue weighted by Crippen LogP contribution is 2.32. The molecule has 9 nitrogen and oxygen atoms in total. The number of nitrogens with zero attached hydrogens (tertiary/aromatic N) is 5. The van der Waals surface area contributed by atoms with Crippen LogP contribution in [0.3, 0.4) is 0 Å². The number of piperidine rings is 1. The summed E-state index contributed by atoms with van der Waals surface area (Å²) in [5.41, 5.74) is 2.24. The summed E-state index contributed by atoms with van der Waals surface area (Å²) in [5.74, 6) is 2.32. The smallest absolute Gasteiger partial charge is 0.229 e. The summed E-state index contributed by atoms with van der Waals surface area (Å²) >= 11 is 3.59. The van der Waals surface area contributed by atoms with E-state index in [1.165, 1.54) is 64.1 Å². The number of aromatic nitrogens is 2. The van der Waals surface area contributed by atoms with Gasteiger partial charge < -0.3 is 25.8 Å². The second kappa shape index (κ2) is 13.5. The third kappa shape index (κ3) is 7.55. The van der Waals surface area contributed by atoms with E-state index in [1.54, 1.807) is 6.20 Å². The van der Waals surface area contributed by atoms with Gasteiger partial charge in [-0.05, 0) is 98.5 Å². The van der Waals surface area contributed by atoms with E-state index in [-0.39, 0.29) is 23.9 Å². The van der Waals surface area contributed by atoms with Crippen LogP contribution in [0.2, 0.25) is 0 Å². The topological polar surface area (TPSA) is 88.7 Å². The number of hydrogen-bond acceptors (Lipinski definition) is 8. The predicted molar refractivity (Wildman–Crippen MR) is 173 cm³/mol. The number of carbonyl (C=O) groups excluding carboxylic acids is 1. The second-order valence-electron chi connectivity index (χ2n) is 13.0. The minimum Gasteiger partial charge on any atom is -0.371 e. The van der Waals surface area contributed by atoms with E-state index >= 15 is 0 Å². The molecule has 1 aromatic heterocycles. The third-order valence-corrected chi connectivity index (χ3v) is 10.0. The Kier molecular flexibility index (Phi) is 9.51. The minimum atomic E-state index is -0.0505. The Labute approximate surface area is 259 Å². The van der Waals surface area contributed by atoms with Gasteiger partial charge in [0.05, 0.1) is 10.4 Å². The van der Waals surface area contributed by atoms with Gasteiger partial charge in [-0.2, -0.15) is 4.98 Å². The Bertz CT molecular complexity index is 1190. The molecule has 228 valence electrons. The van der Waals surface area contributed by atoms with Crippen molar-refractivity contribution < 1.29 is 4.79 Å². The minimum absolute atomic E-state index is 0.0505. The maximum atomic E-state index is 12.7. The zero-order valence-electron chi connectivity index (χ0n) is 25.2. The Hall–Kier alpha value is -2.43. The highest BCUT2D eigenvalue weighted by molar-refractivity contribution is 9.10. The van der Waals surface area contributed by atoms with E-state index in [9.17, 15) is 4.79 Å². The zero-order chi connectivity index (χ0) is 29.1. The second-order valence-corrected chi connectivity index (χ2v) is 13.9. The fourth-order valence-electron chi connectivity index (χ4n) is 6.89. The summed E-state index contributed by atoms with van der Waals surface area (Å²) < 4.78 is 0.793. The largest absolute Gasteiger partial charge is 0.371 e. The monoisotopic (exact) mass is 638 g/mol. The molecule has 2 aliphatic carbocycles. The molecule has 2 saturated carbocycles. The Morgan fingerprint density at radius 2 is 1.71 bits per heavy atom. The molecule has 2 aromatic rings. The van der Waals surface area contributed by atoms with Crippen LogP contribution in [0.25, 0.3) is 0 Å². The lowest BCUT2D eigenvalue weighted by molar-refractivity contribution is -0.125. The summed E-state index contributed by atoms with van der Waals surface area (Å²) in [6, 6.07) is 9.56. The number of carbonyl (C=O) groups is 1. The Balaban J connectivity index is 0.993. The molecule has 6 rings (SSSR count). The van der Waals surface area contributed by atoms with Gasteiger partial charge in [0.25, 0.3) is 0 Å². The SMILES string of the molecule is CC(C)NC(=O)[C@H]1CCC[C@H]1Nc1nc(Nc2ccc(N3CCC(N4CCN(CC5CC5)CC4)CC3)cc2)ncc1Br. The molecule has 2 atom stereocenters. The fourth-order valence-corrected chi connectivity index (χ4v) is 7.20. The molecule has 42 heavy (non-hydrogen) atoms. The fraction of sp³-hybridized carbons (Fsp3) is 0.656. The number of anilines is 4. The van der Waals surface area contributed by atoms with Gasteiger partial charge in [0.2, 0.25) is 11.9 Å². The maximum Gasteiger partial charge on any atom is 0.229 e. The van der Waals surface area contributed by atoms with Gasteiger partial charge in [0.15, 0.2) is 0 Å². The van der Waals surface area contributed by atoms with Crippen molar-refractivity contribution in [3.63, 3.8) is 0 Å².